The van der Waals surface area contributed by atoms with Crippen molar-refractivity contribution in [3.8, 4) is 0 Å². The first kappa shape index (κ1) is 23.1. The number of thiazole rings is 1. The average Bonchev–Trinajstić information content (AvgIpc) is 2.93. The topological polar surface area (TPSA) is 82.6 Å². The Hall–Kier alpha value is -1.55. The number of benzene rings is 1. The molecule has 2 heterocycles. The highest BCUT2D eigenvalue weighted by atomic mass is 32.2. The molecule has 0 spiro atoms. The molecular formula is C21H32N4O3S2. The van der Waals surface area contributed by atoms with Gasteiger partial charge < -0.3 is 5.32 Å². The number of anilines is 1. The van der Waals surface area contributed by atoms with Gasteiger partial charge in [-0.05, 0) is 57.0 Å². The van der Waals surface area contributed by atoms with E-state index in [0.29, 0.717) is 30.3 Å². The van der Waals surface area contributed by atoms with Gasteiger partial charge in [0.15, 0.2) is 5.13 Å². The summed E-state index contributed by atoms with van der Waals surface area (Å²) in [5.74, 6) is -0.0686. The van der Waals surface area contributed by atoms with Crippen LogP contribution in [0.4, 0.5) is 5.13 Å². The number of amides is 1. The summed E-state index contributed by atoms with van der Waals surface area (Å²) in [6.07, 6.45) is 6.28. The smallest absolute Gasteiger partial charge is 0.243 e. The van der Waals surface area contributed by atoms with Crippen LogP contribution in [0.25, 0.3) is 10.2 Å². The normalized spacial score (nSPS) is 16.1. The fourth-order valence-electron chi connectivity index (χ4n) is 3.78. The lowest BCUT2D eigenvalue weighted by Gasteiger charge is -2.20. The number of rotatable bonds is 9. The number of hydrogen-bond acceptors (Lipinski definition) is 6. The molecule has 30 heavy (non-hydrogen) atoms. The molecular weight excluding hydrogens is 420 g/mol. The van der Waals surface area contributed by atoms with Crippen molar-refractivity contribution in [2.75, 3.05) is 38.0 Å². The van der Waals surface area contributed by atoms with Gasteiger partial charge in [-0.2, -0.15) is 4.31 Å². The Kier molecular flexibility index (Phi) is 8.21. The molecule has 1 N–H and O–H groups in total. The van der Waals surface area contributed by atoms with Crippen LogP contribution in [0.3, 0.4) is 0 Å². The molecule has 1 saturated heterocycles. The van der Waals surface area contributed by atoms with E-state index in [1.165, 1.54) is 24.2 Å². The van der Waals surface area contributed by atoms with Crippen LogP contribution in [0.5, 0.6) is 0 Å². The summed E-state index contributed by atoms with van der Waals surface area (Å²) in [7, 11) is -3.54. The molecule has 0 saturated carbocycles. The van der Waals surface area contributed by atoms with E-state index in [1.807, 2.05) is 13.8 Å². The highest BCUT2D eigenvalue weighted by Gasteiger charge is 2.24. The zero-order valence-corrected chi connectivity index (χ0v) is 19.5. The van der Waals surface area contributed by atoms with Crippen molar-refractivity contribution < 1.29 is 13.2 Å². The van der Waals surface area contributed by atoms with E-state index in [0.717, 1.165) is 43.5 Å². The predicted octanol–water partition coefficient (Wildman–Crippen LogP) is 3.92. The SMILES string of the molecule is CCCN(CCC)S(=O)(=O)c1ccc2nc(NC(=O)CN3CCCCCC3)sc2c1. The molecule has 166 valence electrons. The number of fused-ring (bicyclic) bond motifs is 1. The zero-order valence-electron chi connectivity index (χ0n) is 17.9. The quantitative estimate of drug-likeness (QED) is 0.623. The van der Waals surface area contributed by atoms with Crippen LogP contribution in [0.1, 0.15) is 52.4 Å². The molecule has 0 radical (unpaired) electrons. The van der Waals surface area contributed by atoms with Gasteiger partial charge in [0.2, 0.25) is 15.9 Å². The van der Waals surface area contributed by atoms with Crippen molar-refractivity contribution in [3.05, 3.63) is 18.2 Å². The number of hydrogen-bond donors (Lipinski definition) is 1. The lowest BCUT2D eigenvalue weighted by Crippen LogP contribution is -2.33. The van der Waals surface area contributed by atoms with E-state index in [2.05, 4.69) is 15.2 Å². The highest BCUT2D eigenvalue weighted by molar-refractivity contribution is 7.89. The Bertz CT molecular complexity index is 944. The van der Waals surface area contributed by atoms with Crippen LogP contribution in [-0.2, 0) is 14.8 Å². The summed E-state index contributed by atoms with van der Waals surface area (Å²) in [6, 6.07) is 5.00. The number of nitrogens with zero attached hydrogens (tertiary/aromatic N) is 3. The molecule has 3 rings (SSSR count). The first-order valence-electron chi connectivity index (χ1n) is 10.9. The monoisotopic (exact) mass is 452 g/mol. The molecule has 1 fully saturated rings. The molecule has 2 aromatic rings. The number of sulfonamides is 1. The Morgan fingerprint density at radius 1 is 1.13 bits per heavy atom. The van der Waals surface area contributed by atoms with Crippen LogP contribution in [-0.4, -0.2) is 61.2 Å². The molecule has 0 aliphatic carbocycles. The van der Waals surface area contributed by atoms with E-state index in [-0.39, 0.29) is 10.8 Å². The maximum atomic E-state index is 13.0. The maximum absolute atomic E-state index is 13.0. The lowest BCUT2D eigenvalue weighted by molar-refractivity contribution is -0.117. The largest absolute Gasteiger partial charge is 0.301 e. The van der Waals surface area contributed by atoms with Crippen molar-refractivity contribution in [1.82, 2.24) is 14.2 Å². The molecule has 0 unspecified atom stereocenters. The Labute approximate surface area is 183 Å². The first-order chi connectivity index (χ1) is 14.4. The molecule has 1 aliphatic rings. The van der Waals surface area contributed by atoms with Crippen molar-refractivity contribution in [1.29, 1.82) is 0 Å². The second-order valence-electron chi connectivity index (χ2n) is 7.79. The van der Waals surface area contributed by atoms with Gasteiger partial charge in [-0.3, -0.25) is 9.69 Å². The third-order valence-electron chi connectivity index (χ3n) is 5.26. The molecule has 7 nitrogen and oxygen atoms in total. The van der Waals surface area contributed by atoms with Gasteiger partial charge in [0.05, 0.1) is 21.7 Å². The van der Waals surface area contributed by atoms with E-state index in [4.69, 9.17) is 0 Å². The minimum absolute atomic E-state index is 0.0686. The van der Waals surface area contributed by atoms with Crippen LogP contribution in [0.15, 0.2) is 23.1 Å². The van der Waals surface area contributed by atoms with E-state index in [9.17, 15) is 13.2 Å². The van der Waals surface area contributed by atoms with Crippen molar-refractivity contribution in [3.63, 3.8) is 0 Å². The Balaban J connectivity index is 1.73. The van der Waals surface area contributed by atoms with Crippen LogP contribution >= 0.6 is 11.3 Å². The Morgan fingerprint density at radius 3 is 2.43 bits per heavy atom. The predicted molar refractivity (Wildman–Crippen MR) is 122 cm³/mol. The maximum Gasteiger partial charge on any atom is 0.243 e. The van der Waals surface area contributed by atoms with Crippen LogP contribution < -0.4 is 5.32 Å². The number of carbonyl (C=O) groups is 1. The zero-order chi connectivity index (χ0) is 21.6. The summed E-state index contributed by atoms with van der Waals surface area (Å²) in [6.45, 7) is 7.26. The fourth-order valence-corrected chi connectivity index (χ4v) is 6.42. The first-order valence-corrected chi connectivity index (χ1v) is 13.1. The number of nitrogens with one attached hydrogen (secondary N) is 1. The minimum atomic E-state index is -3.54. The van der Waals surface area contributed by atoms with Crippen LogP contribution in [0.2, 0.25) is 0 Å². The van der Waals surface area contributed by atoms with Gasteiger partial charge in [0.25, 0.3) is 0 Å². The standard InChI is InChI=1S/C21H32N4O3S2/c1-3-11-25(12-4-2)30(27,28)17-9-10-18-19(15-17)29-21(22-18)23-20(26)16-24-13-7-5-6-8-14-24/h9-10,15H,3-8,11-14,16H2,1-2H3,(H,22,23,26). The molecule has 1 aromatic heterocycles. The molecule has 1 amide bonds. The lowest BCUT2D eigenvalue weighted by atomic mass is 10.2. The minimum Gasteiger partial charge on any atom is -0.301 e. The molecule has 9 heteroatoms. The molecule has 1 aliphatic heterocycles. The summed E-state index contributed by atoms with van der Waals surface area (Å²) in [5.41, 5.74) is 0.696. The number of aromatic nitrogens is 1. The summed E-state index contributed by atoms with van der Waals surface area (Å²) in [4.78, 5) is 19.4. The average molecular weight is 453 g/mol. The van der Waals surface area contributed by atoms with E-state index in [1.54, 1.807) is 22.5 Å². The molecule has 0 atom stereocenters. The fraction of sp³-hybridized carbons (Fsp3) is 0.619. The van der Waals surface area contributed by atoms with Crippen molar-refractivity contribution in [2.24, 2.45) is 0 Å². The van der Waals surface area contributed by atoms with Crippen molar-refractivity contribution in [2.45, 2.75) is 57.3 Å². The third kappa shape index (κ3) is 5.78. The number of likely N-dealkylation sites (tertiary alicyclic amines) is 1. The molecule has 0 bridgehead atoms. The van der Waals surface area contributed by atoms with E-state index >= 15 is 0 Å². The molecule has 1 aromatic carbocycles. The summed E-state index contributed by atoms with van der Waals surface area (Å²) in [5, 5.41) is 3.40. The van der Waals surface area contributed by atoms with Gasteiger partial charge in [0, 0.05) is 13.1 Å². The highest BCUT2D eigenvalue weighted by Crippen LogP contribution is 2.29. The second-order valence-corrected chi connectivity index (χ2v) is 10.8. The summed E-state index contributed by atoms with van der Waals surface area (Å²) >= 11 is 1.32. The number of carbonyl (C=O) groups excluding carboxylic acids is 1. The second kappa shape index (κ2) is 10.7. The third-order valence-corrected chi connectivity index (χ3v) is 8.08. The van der Waals surface area contributed by atoms with Crippen molar-refractivity contribution >= 4 is 42.6 Å². The van der Waals surface area contributed by atoms with Gasteiger partial charge >= 0.3 is 0 Å². The van der Waals surface area contributed by atoms with Gasteiger partial charge in [0.1, 0.15) is 0 Å². The van der Waals surface area contributed by atoms with Crippen LogP contribution in [0, 0.1) is 0 Å². The Morgan fingerprint density at radius 2 is 1.80 bits per heavy atom. The van der Waals surface area contributed by atoms with Gasteiger partial charge in [-0.1, -0.05) is 38.0 Å². The summed E-state index contributed by atoms with van der Waals surface area (Å²) < 4.78 is 28.3. The van der Waals surface area contributed by atoms with E-state index < -0.39 is 10.0 Å². The van der Waals surface area contributed by atoms with Gasteiger partial charge in [-0.15, -0.1) is 0 Å². The van der Waals surface area contributed by atoms with Gasteiger partial charge in [-0.25, -0.2) is 13.4 Å².